The summed E-state index contributed by atoms with van der Waals surface area (Å²) in [6.45, 7) is 0. The van der Waals surface area contributed by atoms with Crippen molar-refractivity contribution in [3.63, 3.8) is 0 Å². The van der Waals surface area contributed by atoms with E-state index in [0.717, 1.165) is 0 Å². The molecule has 1 heterocycles. The third-order valence-electron chi connectivity index (χ3n) is 4.64. The molecule has 0 spiro atoms. The van der Waals surface area contributed by atoms with Gasteiger partial charge in [0.25, 0.3) is 17.8 Å². The summed E-state index contributed by atoms with van der Waals surface area (Å²) in [7, 11) is 0. The monoisotopic (exact) mass is 449 g/mol. The molecular weight excluding hydrogens is 432 g/mol. The summed E-state index contributed by atoms with van der Waals surface area (Å²) in [4.78, 5) is 32.7. The van der Waals surface area contributed by atoms with Crippen LogP contribution in [0.2, 0.25) is 0 Å². The van der Waals surface area contributed by atoms with Gasteiger partial charge >= 0.3 is 0 Å². The maximum Gasteiger partial charge on any atom is 0.258 e. The first kappa shape index (κ1) is 21.8. The van der Waals surface area contributed by atoms with Gasteiger partial charge in [-0.25, -0.2) is 0 Å². The van der Waals surface area contributed by atoms with Crippen molar-refractivity contribution in [1.82, 2.24) is 19.7 Å². The average Bonchev–Trinajstić information content (AvgIpc) is 3.27. The summed E-state index contributed by atoms with van der Waals surface area (Å²) < 4.78 is 1.41. The fourth-order valence-electron chi connectivity index (χ4n) is 3.03. The van der Waals surface area contributed by atoms with Crippen LogP contribution in [0, 0.1) is 17.9 Å². The number of terminal acetylenes is 1. The number of nitrogens with zero attached hydrogens (tertiary/aromatic N) is 5. The van der Waals surface area contributed by atoms with Crippen LogP contribution in [0.1, 0.15) is 26.3 Å². The second-order valence-corrected chi connectivity index (χ2v) is 6.89. The molecule has 3 aromatic carbocycles. The Morgan fingerprint density at radius 3 is 2.38 bits per heavy atom. The first-order chi connectivity index (χ1) is 16.6. The van der Waals surface area contributed by atoms with Crippen LogP contribution in [0.5, 0.6) is 0 Å². The number of nitrogens with one attached hydrogen (secondary N) is 3. The first-order valence-corrected chi connectivity index (χ1v) is 9.97. The molecule has 2 amide bonds. The van der Waals surface area contributed by atoms with E-state index in [4.69, 9.17) is 12.0 Å². The third kappa shape index (κ3) is 4.91. The SMILES string of the molecule is C#Cc1cccc(C(=O)Nc2nc(NC(=O)c3ccc(N=[N+]=N)cc3)n(-c3ccccc3)n2)c1. The van der Waals surface area contributed by atoms with Gasteiger partial charge in [0.05, 0.1) is 5.69 Å². The highest BCUT2D eigenvalue weighted by Gasteiger charge is 2.18. The Labute approximate surface area is 193 Å². The lowest BCUT2D eigenvalue weighted by Crippen LogP contribution is -2.15. The molecule has 34 heavy (non-hydrogen) atoms. The number of rotatable bonds is 6. The van der Waals surface area contributed by atoms with Crippen molar-refractivity contribution in [2.75, 3.05) is 10.6 Å². The number of carbonyl (C=O) groups excluding carboxylic acids is 2. The minimum Gasteiger partial charge on any atom is -0.290 e. The lowest BCUT2D eigenvalue weighted by atomic mass is 10.1. The standard InChI is InChI=1S/C24H16N8O2/c1-2-16-7-6-8-18(15-16)22(34)26-23-28-24(32(30-23)20-9-4-3-5-10-20)27-21(33)17-11-13-19(14-12-17)29-31-25/h1,3-15H,(H2-,25,26,27,28,29,30,33,34)/p+1. The first-order valence-electron chi connectivity index (χ1n) is 9.97. The maximum absolute atomic E-state index is 12.8. The summed E-state index contributed by atoms with van der Waals surface area (Å²) in [6.07, 6.45) is 5.41. The summed E-state index contributed by atoms with van der Waals surface area (Å²) in [5.41, 5.74) is 9.11. The van der Waals surface area contributed by atoms with Gasteiger partial charge in [0.2, 0.25) is 10.9 Å². The van der Waals surface area contributed by atoms with Crippen molar-refractivity contribution >= 4 is 29.4 Å². The summed E-state index contributed by atoms with van der Waals surface area (Å²) in [6, 6.07) is 21.8. The molecule has 1 aromatic heterocycles. The number of hydrogen-bond acceptors (Lipinski definition) is 6. The van der Waals surface area contributed by atoms with Gasteiger partial charge < -0.3 is 0 Å². The van der Waals surface area contributed by atoms with Gasteiger partial charge in [0.1, 0.15) is 5.53 Å². The number of carbonyl (C=O) groups is 2. The Balaban J connectivity index is 1.62. The van der Waals surface area contributed by atoms with Gasteiger partial charge in [-0.1, -0.05) is 30.2 Å². The van der Waals surface area contributed by atoms with Gasteiger partial charge in [-0.05, 0) is 54.6 Å². The second-order valence-electron chi connectivity index (χ2n) is 6.89. The minimum absolute atomic E-state index is 0.00136. The Bertz CT molecular complexity index is 1450. The molecule has 4 aromatic rings. The topological polar surface area (TPSA) is 139 Å². The van der Waals surface area contributed by atoms with E-state index in [1.807, 2.05) is 18.2 Å². The van der Waals surface area contributed by atoms with Crippen LogP contribution >= 0.6 is 0 Å². The largest absolute Gasteiger partial charge is 0.290 e. The number of anilines is 2. The Kier molecular flexibility index (Phi) is 6.31. The Morgan fingerprint density at radius 2 is 1.68 bits per heavy atom. The second kappa shape index (κ2) is 9.82. The van der Waals surface area contributed by atoms with Crippen LogP contribution in [-0.2, 0) is 0 Å². The normalized spacial score (nSPS) is 9.97. The molecule has 0 saturated carbocycles. The predicted octanol–water partition coefficient (Wildman–Crippen LogP) is 3.94. The third-order valence-corrected chi connectivity index (χ3v) is 4.64. The van der Waals surface area contributed by atoms with E-state index >= 15 is 0 Å². The van der Waals surface area contributed by atoms with Crippen molar-refractivity contribution in [3.8, 4) is 18.0 Å². The zero-order chi connectivity index (χ0) is 23.9. The molecule has 3 N–H and O–H groups in total. The van der Waals surface area contributed by atoms with Crippen molar-refractivity contribution in [1.29, 1.82) is 5.53 Å². The molecule has 0 aliphatic heterocycles. The molecule has 4 rings (SSSR count). The van der Waals surface area contributed by atoms with Gasteiger partial charge in [-0.15, -0.1) is 11.5 Å². The molecule has 0 aliphatic carbocycles. The number of amides is 2. The lowest BCUT2D eigenvalue weighted by molar-refractivity contribution is 0.101. The Morgan fingerprint density at radius 1 is 0.941 bits per heavy atom. The van der Waals surface area contributed by atoms with Gasteiger partial charge in [-0.3, -0.25) is 20.2 Å². The van der Waals surface area contributed by atoms with E-state index < -0.39 is 11.8 Å². The molecule has 0 radical (unpaired) electrons. The van der Waals surface area contributed by atoms with E-state index in [1.54, 1.807) is 60.7 Å². The van der Waals surface area contributed by atoms with Crippen LogP contribution in [0.4, 0.5) is 17.6 Å². The predicted molar refractivity (Wildman–Crippen MR) is 125 cm³/mol. The molecule has 0 unspecified atom stereocenters. The molecule has 0 saturated heterocycles. The number of benzene rings is 3. The highest BCUT2D eigenvalue weighted by Crippen LogP contribution is 2.19. The number of para-hydroxylation sites is 1. The van der Waals surface area contributed by atoms with E-state index in [2.05, 4.69) is 36.7 Å². The highest BCUT2D eigenvalue weighted by atomic mass is 16.2. The number of aromatic nitrogens is 3. The fourth-order valence-corrected chi connectivity index (χ4v) is 3.03. The van der Waals surface area contributed by atoms with E-state index in [0.29, 0.717) is 28.1 Å². The molecule has 10 heteroatoms. The van der Waals surface area contributed by atoms with E-state index in [1.165, 1.54) is 4.68 Å². The lowest BCUT2D eigenvalue weighted by Gasteiger charge is -2.07. The van der Waals surface area contributed by atoms with Crippen molar-refractivity contribution in [2.45, 2.75) is 0 Å². The van der Waals surface area contributed by atoms with Gasteiger partial charge in [0.15, 0.2) is 10.8 Å². The van der Waals surface area contributed by atoms with Crippen molar-refractivity contribution < 1.29 is 9.59 Å². The average molecular weight is 449 g/mol. The summed E-state index contributed by atoms with van der Waals surface area (Å²) >= 11 is 0. The minimum atomic E-state index is -0.446. The van der Waals surface area contributed by atoms with Crippen LogP contribution < -0.4 is 15.5 Å². The zero-order valence-electron chi connectivity index (χ0n) is 17.6. The zero-order valence-corrected chi connectivity index (χ0v) is 17.6. The quantitative estimate of drug-likeness (QED) is 0.233. The van der Waals surface area contributed by atoms with E-state index in [9.17, 15) is 9.59 Å². The van der Waals surface area contributed by atoms with E-state index in [-0.39, 0.29) is 11.9 Å². The maximum atomic E-state index is 12.8. The van der Waals surface area contributed by atoms with Crippen molar-refractivity contribution in [3.05, 3.63) is 95.6 Å². The molecule has 10 nitrogen and oxygen atoms in total. The van der Waals surface area contributed by atoms with Gasteiger partial charge in [0, 0.05) is 16.7 Å². The highest BCUT2D eigenvalue weighted by molar-refractivity contribution is 6.05. The van der Waals surface area contributed by atoms with Crippen LogP contribution in [0.25, 0.3) is 5.69 Å². The molecule has 0 fully saturated rings. The molecule has 0 aliphatic rings. The van der Waals surface area contributed by atoms with Gasteiger partial charge in [-0.2, -0.15) is 9.67 Å². The number of hydrogen-bond donors (Lipinski definition) is 3. The molecule has 164 valence electrons. The fraction of sp³-hybridized carbons (Fsp3) is 0. The van der Waals surface area contributed by atoms with Crippen LogP contribution in [-0.4, -0.2) is 26.6 Å². The molecule has 0 atom stereocenters. The molecule has 0 bridgehead atoms. The molecular formula is C24H17N8O2+. The smallest absolute Gasteiger partial charge is 0.258 e. The van der Waals surface area contributed by atoms with Crippen LogP contribution in [0.3, 0.4) is 0 Å². The summed E-state index contributed by atoms with van der Waals surface area (Å²) in [5, 5.41) is 13.3. The van der Waals surface area contributed by atoms with Crippen LogP contribution in [0.15, 0.2) is 84.0 Å². The van der Waals surface area contributed by atoms with Crippen molar-refractivity contribution in [2.24, 2.45) is 5.11 Å². The Hall–Kier alpha value is -5.39. The summed E-state index contributed by atoms with van der Waals surface area (Å²) in [5.74, 6) is 1.71.